The van der Waals surface area contributed by atoms with E-state index in [1.165, 1.54) is 12.1 Å². The molecule has 1 aromatic heterocycles. The van der Waals surface area contributed by atoms with Gasteiger partial charge in [-0.3, -0.25) is 0 Å². The van der Waals surface area contributed by atoms with Gasteiger partial charge in [0.25, 0.3) is 0 Å². The molecule has 2 aromatic carbocycles. The number of benzene rings is 2. The van der Waals surface area contributed by atoms with Crippen LogP contribution in [-0.4, -0.2) is 29.0 Å². The normalized spacial score (nSPS) is 16.3. The van der Waals surface area contributed by atoms with Crippen LogP contribution in [0, 0.1) is 19.7 Å². The fourth-order valence-electron chi connectivity index (χ4n) is 3.92. The summed E-state index contributed by atoms with van der Waals surface area (Å²) in [6.07, 6.45) is 1.84. The topological polar surface area (TPSA) is 101 Å². The molecule has 1 saturated carbocycles. The van der Waals surface area contributed by atoms with Crippen LogP contribution >= 0.6 is 11.6 Å². The molecule has 1 heterocycles. The monoisotopic (exact) mass is 463 g/mol. The lowest BCUT2D eigenvalue weighted by atomic mass is 9.88. The van der Waals surface area contributed by atoms with E-state index in [1.807, 2.05) is 13.8 Å². The van der Waals surface area contributed by atoms with Crippen LogP contribution in [0.1, 0.15) is 65.7 Å². The molecule has 0 saturated heterocycles. The zero-order valence-electron chi connectivity index (χ0n) is 17.4. The number of hydrogen-bond donors (Lipinski definition) is 2. The van der Waals surface area contributed by atoms with Gasteiger partial charge in [0, 0.05) is 10.9 Å². The van der Waals surface area contributed by atoms with Crippen molar-refractivity contribution in [1.29, 1.82) is 0 Å². The molecule has 1 aliphatic carbocycles. The number of sulfonamides is 1. The summed E-state index contributed by atoms with van der Waals surface area (Å²) in [7, 11) is -3.98. The lowest BCUT2D eigenvalue weighted by molar-refractivity contribution is 0.478. The largest absolute Gasteiger partial charge is 0.241 e. The second-order valence-electron chi connectivity index (χ2n) is 8.02. The number of tetrazole rings is 1. The van der Waals surface area contributed by atoms with Gasteiger partial charge in [-0.2, -0.15) is 9.94 Å². The van der Waals surface area contributed by atoms with Gasteiger partial charge in [0.2, 0.25) is 10.0 Å². The Hall–Kier alpha value is -2.36. The van der Waals surface area contributed by atoms with E-state index < -0.39 is 27.8 Å². The fraction of sp³-hybridized carbons (Fsp3) is 0.381. The Morgan fingerprint density at radius 2 is 1.97 bits per heavy atom. The third-order valence-electron chi connectivity index (χ3n) is 5.89. The predicted octanol–water partition coefficient (Wildman–Crippen LogP) is 4.31. The molecule has 3 aromatic rings. The SMILES string of the molecule is Cc1ccc(F)c(C(C)C(NS(=O)(=O)c2ccc(Cl)cc2C2CC2)c2nn[nH]n2)c1C. The molecule has 1 aliphatic rings. The van der Waals surface area contributed by atoms with Crippen molar-refractivity contribution in [2.45, 2.75) is 56.4 Å². The Labute approximate surface area is 185 Å². The summed E-state index contributed by atoms with van der Waals surface area (Å²) in [6, 6.07) is 6.92. The standard InChI is InChI=1S/C21H23ClFN5O2S/c1-11-4-8-17(23)19(12(11)2)13(3)20(21-24-27-28-25-21)26-31(29,30)18-9-7-15(22)10-16(18)14-5-6-14/h4,7-10,13-14,20,26H,5-6H2,1-3H3,(H,24,25,27,28). The number of H-pyrrole nitrogens is 1. The Kier molecular flexibility index (Phi) is 5.85. The molecule has 0 amide bonds. The summed E-state index contributed by atoms with van der Waals surface area (Å²) >= 11 is 6.12. The van der Waals surface area contributed by atoms with Crippen molar-refractivity contribution < 1.29 is 12.8 Å². The first-order valence-corrected chi connectivity index (χ1v) is 11.9. The molecule has 4 rings (SSSR count). The average molecular weight is 464 g/mol. The number of nitrogens with zero attached hydrogens (tertiary/aromatic N) is 3. The van der Waals surface area contributed by atoms with E-state index in [-0.39, 0.29) is 16.6 Å². The van der Waals surface area contributed by atoms with E-state index >= 15 is 0 Å². The van der Waals surface area contributed by atoms with Gasteiger partial charge in [-0.05, 0) is 79.1 Å². The Morgan fingerprint density at radius 1 is 1.23 bits per heavy atom. The molecule has 7 nitrogen and oxygen atoms in total. The van der Waals surface area contributed by atoms with Gasteiger partial charge in [0.15, 0.2) is 5.82 Å². The minimum absolute atomic E-state index is 0.137. The number of aryl methyl sites for hydroxylation is 1. The number of hydrogen-bond acceptors (Lipinski definition) is 5. The van der Waals surface area contributed by atoms with Crippen molar-refractivity contribution in [3.8, 4) is 0 Å². The minimum Gasteiger partial charge on any atom is -0.207 e. The third kappa shape index (κ3) is 4.35. The summed E-state index contributed by atoms with van der Waals surface area (Å²) in [5, 5.41) is 14.4. The van der Waals surface area contributed by atoms with Crippen molar-refractivity contribution in [3.05, 3.63) is 69.2 Å². The molecule has 164 valence electrons. The van der Waals surface area contributed by atoms with Gasteiger partial charge in [-0.25, -0.2) is 12.8 Å². The number of aromatic nitrogens is 4. The zero-order valence-corrected chi connectivity index (χ0v) is 18.9. The molecule has 31 heavy (non-hydrogen) atoms. The Balaban J connectivity index is 1.77. The van der Waals surface area contributed by atoms with Crippen LogP contribution in [0.5, 0.6) is 0 Å². The van der Waals surface area contributed by atoms with Crippen molar-refractivity contribution in [1.82, 2.24) is 25.3 Å². The van der Waals surface area contributed by atoms with E-state index in [1.54, 1.807) is 25.1 Å². The summed E-state index contributed by atoms with van der Waals surface area (Å²) in [4.78, 5) is 0.168. The maximum absolute atomic E-state index is 14.8. The van der Waals surface area contributed by atoms with Crippen LogP contribution in [-0.2, 0) is 10.0 Å². The van der Waals surface area contributed by atoms with E-state index in [9.17, 15) is 12.8 Å². The van der Waals surface area contributed by atoms with Gasteiger partial charge < -0.3 is 0 Å². The number of rotatable bonds is 7. The Morgan fingerprint density at radius 3 is 2.61 bits per heavy atom. The van der Waals surface area contributed by atoms with Crippen LogP contribution in [0.15, 0.2) is 35.2 Å². The van der Waals surface area contributed by atoms with E-state index in [0.29, 0.717) is 16.1 Å². The number of aromatic amines is 1. The summed E-state index contributed by atoms with van der Waals surface area (Å²) in [5.41, 5.74) is 2.77. The highest BCUT2D eigenvalue weighted by Gasteiger charge is 2.35. The van der Waals surface area contributed by atoms with Crippen LogP contribution in [0.3, 0.4) is 0 Å². The number of halogens is 2. The highest BCUT2D eigenvalue weighted by molar-refractivity contribution is 7.89. The van der Waals surface area contributed by atoms with Crippen molar-refractivity contribution in [3.63, 3.8) is 0 Å². The van der Waals surface area contributed by atoms with E-state index in [4.69, 9.17) is 11.6 Å². The molecule has 2 N–H and O–H groups in total. The Bertz CT molecular complexity index is 1210. The summed E-state index contributed by atoms with van der Waals surface area (Å²) in [5.74, 6) is -0.696. The lowest BCUT2D eigenvalue weighted by Crippen LogP contribution is -2.34. The maximum Gasteiger partial charge on any atom is 0.241 e. The smallest absolute Gasteiger partial charge is 0.207 e. The molecule has 1 fully saturated rings. The first-order chi connectivity index (χ1) is 14.7. The third-order valence-corrected chi connectivity index (χ3v) is 7.64. The molecule has 0 bridgehead atoms. The molecule has 10 heteroatoms. The summed E-state index contributed by atoms with van der Waals surface area (Å²) < 4.78 is 44.4. The van der Waals surface area contributed by atoms with Gasteiger partial charge in [-0.1, -0.05) is 29.8 Å². The second kappa shape index (κ2) is 8.29. The molecule has 2 unspecified atom stereocenters. The molecular formula is C21H23ClFN5O2S. The van der Waals surface area contributed by atoms with Crippen LogP contribution in [0.2, 0.25) is 5.02 Å². The van der Waals surface area contributed by atoms with Crippen molar-refractivity contribution >= 4 is 21.6 Å². The predicted molar refractivity (Wildman–Crippen MR) is 115 cm³/mol. The van der Waals surface area contributed by atoms with Crippen LogP contribution in [0.4, 0.5) is 4.39 Å². The maximum atomic E-state index is 14.8. The number of nitrogens with one attached hydrogen (secondary N) is 2. The molecule has 0 aliphatic heterocycles. The van der Waals surface area contributed by atoms with Gasteiger partial charge in [0.1, 0.15) is 5.82 Å². The minimum atomic E-state index is -3.98. The summed E-state index contributed by atoms with van der Waals surface area (Å²) in [6.45, 7) is 5.45. The zero-order chi connectivity index (χ0) is 22.3. The van der Waals surface area contributed by atoms with Crippen molar-refractivity contribution in [2.24, 2.45) is 0 Å². The van der Waals surface area contributed by atoms with Crippen LogP contribution < -0.4 is 4.72 Å². The van der Waals surface area contributed by atoms with E-state index in [2.05, 4.69) is 25.3 Å². The first-order valence-electron chi connectivity index (χ1n) is 9.99. The van der Waals surface area contributed by atoms with E-state index in [0.717, 1.165) is 24.0 Å². The van der Waals surface area contributed by atoms with Gasteiger partial charge >= 0.3 is 0 Å². The quantitative estimate of drug-likeness (QED) is 0.543. The first kappa shape index (κ1) is 21.9. The molecular weight excluding hydrogens is 441 g/mol. The molecule has 0 spiro atoms. The fourth-order valence-corrected chi connectivity index (χ4v) is 5.65. The molecule has 2 atom stereocenters. The highest BCUT2D eigenvalue weighted by Crippen LogP contribution is 2.44. The average Bonchev–Trinajstić information content (AvgIpc) is 3.43. The molecule has 0 radical (unpaired) electrons. The van der Waals surface area contributed by atoms with Gasteiger partial charge in [-0.15, -0.1) is 10.2 Å². The highest BCUT2D eigenvalue weighted by atomic mass is 35.5. The van der Waals surface area contributed by atoms with Crippen molar-refractivity contribution in [2.75, 3.05) is 0 Å². The second-order valence-corrected chi connectivity index (χ2v) is 10.1. The van der Waals surface area contributed by atoms with Crippen LogP contribution in [0.25, 0.3) is 0 Å². The van der Waals surface area contributed by atoms with Gasteiger partial charge in [0.05, 0.1) is 10.9 Å². The lowest BCUT2D eigenvalue weighted by Gasteiger charge is -2.25.